The highest BCUT2D eigenvalue weighted by molar-refractivity contribution is 5.94. The first-order valence-electron chi connectivity index (χ1n) is 5.66. The molecule has 2 N–H and O–H groups in total. The van der Waals surface area contributed by atoms with E-state index in [0.29, 0.717) is 0 Å². The molecule has 0 saturated carbocycles. The van der Waals surface area contributed by atoms with Crippen molar-refractivity contribution < 1.29 is 13.6 Å². The lowest BCUT2D eigenvalue weighted by molar-refractivity contribution is -0.118. The molecule has 1 heterocycles. The van der Waals surface area contributed by atoms with Crippen LogP contribution in [-0.2, 0) is 4.79 Å². The summed E-state index contributed by atoms with van der Waals surface area (Å²) >= 11 is 0. The van der Waals surface area contributed by atoms with Crippen molar-refractivity contribution in [3.63, 3.8) is 0 Å². The summed E-state index contributed by atoms with van der Waals surface area (Å²) in [6.45, 7) is 0.815. The summed E-state index contributed by atoms with van der Waals surface area (Å²) in [6.07, 6.45) is 2.84. The molecule has 0 spiro atoms. The third-order valence-electron chi connectivity index (χ3n) is 2.81. The first-order valence-corrected chi connectivity index (χ1v) is 5.66. The van der Waals surface area contributed by atoms with Crippen molar-refractivity contribution in [1.82, 2.24) is 5.32 Å². The fourth-order valence-electron chi connectivity index (χ4n) is 1.88. The fourth-order valence-corrected chi connectivity index (χ4v) is 1.88. The number of nitrogens with one attached hydrogen (secondary N) is 2. The predicted octanol–water partition coefficient (Wildman–Crippen LogP) is 2.47. The Balaban J connectivity index is 0.00000162. The van der Waals surface area contributed by atoms with Gasteiger partial charge in [0.25, 0.3) is 0 Å². The molecule has 1 amide bonds. The van der Waals surface area contributed by atoms with Crippen LogP contribution in [0, 0.1) is 11.6 Å². The van der Waals surface area contributed by atoms with E-state index in [4.69, 9.17) is 0 Å². The van der Waals surface area contributed by atoms with Gasteiger partial charge in [-0.3, -0.25) is 4.79 Å². The smallest absolute Gasteiger partial charge is 0.241 e. The molecule has 1 saturated heterocycles. The molecule has 1 aromatic carbocycles. The molecule has 1 atom stereocenters. The Hall–Kier alpha value is -1.20. The van der Waals surface area contributed by atoms with Gasteiger partial charge in [0.2, 0.25) is 5.91 Å². The van der Waals surface area contributed by atoms with Gasteiger partial charge in [-0.25, -0.2) is 8.78 Å². The second-order valence-corrected chi connectivity index (χ2v) is 4.12. The Labute approximate surface area is 110 Å². The largest absolute Gasteiger partial charge is 0.325 e. The van der Waals surface area contributed by atoms with Crippen molar-refractivity contribution in [1.29, 1.82) is 0 Å². The van der Waals surface area contributed by atoms with Crippen molar-refractivity contribution >= 4 is 24.0 Å². The van der Waals surface area contributed by atoms with E-state index in [1.54, 1.807) is 0 Å². The number of halogens is 3. The van der Waals surface area contributed by atoms with Crippen LogP contribution in [0.3, 0.4) is 0 Å². The van der Waals surface area contributed by atoms with Crippen LogP contribution in [-0.4, -0.2) is 18.5 Å². The minimum absolute atomic E-state index is 0. The number of hydrogen-bond acceptors (Lipinski definition) is 2. The predicted molar refractivity (Wildman–Crippen MR) is 67.9 cm³/mol. The molecule has 0 bridgehead atoms. The molecule has 3 nitrogen and oxygen atoms in total. The number of benzene rings is 1. The molecule has 18 heavy (non-hydrogen) atoms. The van der Waals surface area contributed by atoms with Crippen molar-refractivity contribution in [2.24, 2.45) is 0 Å². The van der Waals surface area contributed by atoms with E-state index in [-0.39, 0.29) is 30.0 Å². The monoisotopic (exact) mass is 276 g/mol. The zero-order chi connectivity index (χ0) is 12.3. The molecule has 0 radical (unpaired) electrons. The molecule has 1 aliphatic heterocycles. The Kier molecular flexibility index (Phi) is 5.50. The van der Waals surface area contributed by atoms with Gasteiger partial charge in [0.15, 0.2) is 11.6 Å². The van der Waals surface area contributed by atoms with E-state index >= 15 is 0 Å². The second-order valence-electron chi connectivity index (χ2n) is 4.12. The maximum absolute atomic E-state index is 12.9. The van der Waals surface area contributed by atoms with E-state index in [1.807, 2.05) is 0 Å². The number of piperidine rings is 1. The molecule has 0 unspecified atom stereocenters. The Bertz CT molecular complexity index is 423. The summed E-state index contributed by atoms with van der Waals surface area (Å²) in [7, 11) is 0. The van der Waals surface area contributed by atoms with Crippen LogP contribution >= 0.6 is 12.4 Å². The first kappa shape index (κ1) is 14.9. The topological polar surface area (TPSA) is 41.1 Å². The molecule has 0 aromatic heterocycles. The van der Waals surface area contributed by atoms with Gasteiger partial charge >= 0.3 is 0 Å². The second kappa shape index (κ2) is 6.66. The van der Waals surface area contributed by atoms with Crippen molar-refractivity contribution in [3.8, 4) is 0 Å². The van der Waals surface area contributed by atoms with Crippen molar-refractivity contribution in [2.45, 2.75) is 25.3 Å². The van der Waals surface area contributed by atoms with Crippen molar-refractivity contribution in [3.05, 3.63) is 29.8 Å². The number of amides is 1. The lowest BCUT2D eigenvalue weighted by atomic mass is 10.0. The van der Waals surface area contributed by atoms with E-state index in [1.165, 1.54) is 6.07 Å². The van der Waals surface area contributed by atoms with Gasteiger partial charge in [0, 0.05) is 11.8 Å². The van der Waals surface area contributed by atoms with Crippen LogP contribution in [0.2, 0.25) is 0 Å². The summed E-state index contributed by atoms with van der Waals surface area (Å²) < 4.78 is 25.6. The number of rotatable bonds is 2. The molecule has 1 aromatic rings. The zero-order valence-electron chi connectivity index (χ0n) is 9.71. The Morgan fingerprint density at radius 3 is 2.67 bits per heavy atom. The maximum Gasteiger partial charge on any atom is 0.241 e. The lowest BCUT2D eigenvalue weighted by Crippen LogP contribution is -2.43. The molecule has 0 aliphatic carbocycles. The van der Waals surface area contributed by atoms with Gasteiger partial charge < -0.3 is 10.6 Å². The molecule has 1 aliphatic rings. The van der Waals surface area contributed by atoms with Crippen LogP contribution in [0.1, 0.15) is 19.3 Å². The van der Waals surface area contributed by atoms with Gasteiger partial charge in [0.1, 0.15) is 0 Å². The highest BCUT2D eigenvalue weighted by Crippen LogP contribution is 2.15. The number of anilines is 1. The van der Waals surface area contributed by atoms with Gasteiger partial charge in [0.05, 0.1) is 6.04 Å². The highest BCUT2D eigenvalue weighted by atomic mass is 35.5. The van der Waals surface area contributed by atoms with Gasteiger partial charge in [-0.2, -0.15) is 0 Å². The maximum atomic E-state index is 12.9. The lowest BCUT2D eigenvalue weighted by Gasteiger charge is -2.22. The Morgan fingerprint density at radius 1 is 1.28 bits per heavy atom. The normalized spacial score (nSPS) is 18.9. The highest BCUT2D eigenvalue weighted by Gasteiger charge is 2.20. The minimum atomic E-state index is -0.959. The molecular formula is C12H15ClF2N2O. The molecule has 1 fully saturated rings. The summed E-state index contributed by atoms with van der Waals surface area (Å²) in [6, 6.07) is 3.09. The summed E-state index contributed by atoms with van der Waals surface area (Å²) in [5, 5.41) is 5.66. The fraction of sp³-hybridized carbons (Fsp3) is 0.417. The van der Waals surface area contributed by atoms with Crippen LogP contribution in [0.25, 0.3) is 0 Å². The van der Waals surface area contributed by atoms with Crippen LogP contribution in [0.5, 0.6) is 0 Å². The van der Waals surface area contributed by atoms with E-state index < -0.39 is 11.6 Å². The molecule has 100 valence electrons. The number of hydrogen-bond donors (Lipinski definition) is 2. The third kappa shape index (κ3) is 3.65. The van der Waals surface area contributed by atoms with E-state index in [2.05, 4.69) is 10.6 Å². The average molecular weight is 277 g/mol. The number of carbonyl (C=O) groups is 1. The molecule has 2 rings (SSSR count). The van der Waals surface area contributed by atoms with Crippen LogP contribution in [0.4, 0.5) is 14.5 Å². The average Bonchev–Trinajstić information content (AvgIpc) is 2.35. The summed E-state index contributed by atoms with van der Waals surface area (Å²) in [5.41, 5.74) is 0.279. The van der Waals surface area contributed by atoms with Gasteiger partial charge in [-0.05, 0) is 31.5 Å². The third-order valence-corrected chi connectivity index (χ3v) is 2.81. The Morgan fingerprint density at radius 2 is 2.06 bits per heavy atom. The van der Waals surface area contributed by atoms with Crippen LogP contribution in [0.15, 0.2) is 18.2 Å². The van der Waals surface area contributed by atoms with E-state index in [9.17, 15) is 13.6 Å². The molecule has 6 heteroatoms. The zero-order valence-corrected chi connectivity index (χ0v) is 10.5. The minimum Gasteiger partial charge on any atom is -0.325 e. The quantitative estimate of drug-likeness (QED) is 0.871. The van der Waals surface area contributed by atoms with Gasteiger partial charge in [-0.1, -0.05) is 6.42 Å². The standard InChI is InChI=1S/C12H14F2N2O.ClH/c13-9-5-4-8(7-10(9)14)16-12(17)11-3-1-2-6-15-11;/h4-5,7,11,15H,1-3,6H2,(H,16,17);1H/t11-;/m1./s1. The van der Waals surface area contributed by atoms with E-state index in [0.717, 1.165) is 37.9 Å². The summed E-state index contributed by atoms with van der Waals surface area (Å²) in [4.78, 5) is 11.8. The van der Waals surface area contributed by atoms with Crippen LogP contribution < -0.4 is 10.6 Å². The summed E-state index contributed by atoms with van der Waals surface area (Å²) in [5.74, 6) is -2.08. The van der Waals surface area contributed by atoms with Crippen molar-refractivity contribution in [2.75, 3.05) is 11.9 Å². The molecular weight excluding hydrogens is 262 g/mol. The SMILES string of the molecule is Cl.O=C(Nc1ccc(F)c(F)c1)[C@H]1CCCCN1. The van der Waals surface area contributed by atoms with Gasteiger partial charge in [-0.15, -0.1) is 12.4 Å². The number of carbonyl (C=O) groups excluding carboxylic acids is 1. The first-order chi connectivity index (χ1) is 8.16.